The van der Waals surface area contributed by atoms with Gasteiger partial charge < -0.3 is 4.90 Å². The van der Waals surface area contributed by atoms with Gasteiger partial charge in [-0.1, -0.05) is 315 Å². The van der Waals surface area contributed by atoms with Gasteiger partial charge in [-0.15, -0.1) is 0 Å². The smallest absolute Gasteiger partial charge is 0.160 e. The molecule has 3 aliphatic heterocycles. The van der Waals surface area contributed by atoms with E-state index in [0.717, 1.165) is 191 Å². The van der Waals surface area contributed by atoms with Crippen molar-refractivity contribution in [2.75, 3.05) is 14.7 Å². The molecule has 660 valence electrons. The van der Waals surface area contributed by atoms with Gasteiger partial charge in [0.25, 0.3) is 0 Å². The predicted octanol–water partition coefficient (Wildman–Crippen LogP) is 31.6. The fourth-order valence-corrected chi connectivity index (χ4v) is 19.5. The number of nitrogens with zero attached hydrogens (tertiary/aromatic N) is 15. The Morgan fingerprint density at radius 1 is 0.170 bits per heavy atom. The van der Waals surface area contributed by atoms with Crippen molar-refractivity contribution in [2.45, 2.75) is 0 Å². The zero-order chi connectivity index (χ0) is 93.5. The largest absolute Gasteiger partial charge is 0.306 e. The highest BCUT2D eigenvalue weighted by Crippen LogP contribution is 2.55. The molecule has 24 aromatic rings. The molecule has 0 saturated heterocycles. The fraction of sp³-hybridized carbons (Fsp3) is 0. The maximum Gasteiger partial charge on any atom is 0.160 e. The minimum Gasteiger partial charge on any atom is -0.306 e. The number of hydrogen-bond donors (Lipinski definition) is 0. The third-order valence-electron chi connectivity index (χ3n) is 26.2. The second-order valence-corrected chi connectivity index (χ2v) is 34.8. The summed E-state index contributed by atoms with van der Waals surface area (Å²) in [5, 5.41) is 5.75. The number of aromatic nitrogens is 12. The van der Waals surface area contributed by atoms with Crippen LogP contribution in [0, 0.1) is 0 Å². The summed E-state index contributed by atoms with van der Waals surface area (Å²) < 4.78 is 0. The maximum absolute atomic E-state index is 5.03. The van der Waals surface area contributed by atoms with E-state index < -0.39 is 0 Å². The first-order valence-corrected chi connectivity index (χ1v) is 46.9. The number of rotatable bonds is 15. The Bertz CT molecular complexity index is 7820. The van der Waals surface area contributed by atoms with E-state index in [1.54, 1.807) is 19.0 Å². The van der Waals surface area contributed by atoms with Crippen LogP contribution in [0.2, 0.25) is 0 Å². The molecule has 0 radical (unpaired) electrons. The van der Waals surface area contributed by atoms with E-state index >= 15 is 0 Å². The molecule has 3 aliphatic rings. The van der Waals surface area contributed by atoms with Gasteiger partial charge in [-0.2, -0.15) is 0 Å². The summed E-state index contributed by atoms with van der Waals surface area (Å²) in [5.74, 6) is 3.76. The first-order chi connectivity index (χ1) is 69.9. The normalized spacial score (nSPS) is 11.8. The molecule has 141 heavy (non-hydrogen) atoms. The highest BCUT2D eigenvalue weighted by molar-refractivity contribution is 6.17. The topological polar surface area (TPSA) is 164 Å². The van der Waals surface area contributed by atoms with Crippen molar-refractivity contribution in [1.29, 1.82) is 0 Å². The molecule has 0 amide bonds. The Morgan fingerprint density at radius 3 is 0.908 bits per heavy atom. The van der Waals surface area contributed by atoms with Gasteiger partial charge in [0.2, 0.25) is 0 Å². The van der Waals surface area contributed by atoms with Gasteiger partial charge in [0, 0.05) is 101 Å². The average molecular weight is 1810 g/mol. The third-order valence-corrected chi connectivity index (χ3v) is 26.2. The van der Waals surface area contributed by atoms with Gasteiger partial charge in [-0.3, -0.25) is 9.80 Å². The third kappa shape index (κ3) is 16.0. The number of anilines is 9. The van der Waals surface area contributed by atoms with E-state index in [-0.39, 0.29) is 0 Å². The Hall–Kier alpha value is -19.4. The number of fused-ring (bicyclic) bond motifs is 6. The molecule has 0 N–H and O–H groups in total. The van der Waals surface area contributed by atoms with Crippen LogP contribution in [0.4, 0.5) is 51.4 Å². The minimum atomic E-state index is 0.680. The Labute approximate surface area is 814 Å². The molecule has 15 nitrogen and oxygen atoms in total. The standard InChI is InChI=1S/3C42H27N5/c1-4-12-28(13-5-1)32-24-35-34-18-10-11-19-39(34)47(42-40(35)38(25-32)43-27-44-42)33-22-20-31(21-23-33)41-45-36(29-14-6-2-7-15-29)26-37(46-41)30-16-8-3-9-17-30;1-4-11-28(12-5-1)33-23-32-17-10-18-39-40(32)35(24-33)36-26-43-27-44-42(36)47(39)34-21-19-31(20-22-34)41-45-37(29-13-6-2-7-14-29)25-38(46-41)30-15-8-3-9-16-30;1-4-11-28(12-5-1)33-23-32-17-10-18-38-40(32)35(24-33)41-39(26-43-27-44-41)47(38)34-21-19-31(20-22-34)42-45-36(29-13-6-2-7-14-29)25-37(46-42)30-15-8-3-9-16-30/h3*1-27H. The zero-order valence-corrected chi connectivity index (χ0v) is 76.0. The summed E-state index contributed by atoms with van der Waals surface area (Å²) in [4.78, 5) is 65.0. The van der Waals surface area contributed by atoms with E-state index in [1.165, 1.54) is 43.8 Å². The van der Waals surface area contributed by atoms with Crippen LogP contribution >= 0.6 is 0 Å². The Kier molecular flexibility index (Phi) is 21.6. The van der Waals surface area contributed by atoms with E-state index in [9.17, 15) is 0 Å². The van der Waals surface area contributed by atoms with Gasteiger partial charge in [0.1, 0.15) is 30.6 Å². The lowest BCUT2D eigenvalue weighted by Crippen LogP contribution is -2.16. The lowest BCUT2D eigenvalue weighted by molar-refractivity contribution is 1.11. The highest BCUT2D eigenvalue weighted by Gasteiger charge is 2.33. The maximum atomic E-state index is 5.03. The molecule has 15 heteroatoms. The van der Waals surface area contributed by atoms with Crippen LogP contribution in [0.5, 0.6) is 0 Å². The van der Waals surface area contributed by atoms with Crippen LogP contribution < -0.4 is 14.7 Å². The lowest BCUT2D eigenvalue weighted by Gasteiger charge is -2.32. The average Bonchev–Trinajstić information content (AvgIpc) is 0.729. The molecule has 0 unspecified atom stereocenters. The monoisotopic (exact) mass is 1800 g/mol. The van der Waals surface area contributed by atoms with Crippen molar-refractivity contribution in [3.05, 3.63) is 492 Å². The van der Waals surface area contributed by atoms with Crippen molar-refractivity contribution < 1.29 is 0 Å². The SMILES string of the molecule is c1ccc(-c2cc3c4c(cccc4c2)N(c2ccc(-c4nc(-c5ccccc5)cc(-c5ccccc5)n4)cc2)c2cncnc2-3)cc1.c1ccc(-c2cc3c4c(cccc4c2)N(c2ccc(-c4nc(-c5ccccc5)cc(-c5ccccc5)n4)cc2)c2ncncc2-3)cc1.c1ccc(-c2cc3c4c(ncnc4c2)N(c2ccc(-c4nc(-c5ccccc5)cc(-c5ccccc5)n4)cc2)c2ccccc2-3)cc1. The summed E-state index contributed by atoms with van der Waals surface area (Å²) in [6.45, 7) is 0. The summed E-state index contributed by atoms with van der Waals surface area (Å²) >= 11 is 0. The van der Waals surface area contributed by atoms with Crippen molar-refractivity contribution in [2.24, 2.45) is 0 Å². The fourth-order valence-electron chi connectivity index (χ4n) is 19.5. The van der Waals surface area contributed by atoms with Gasteiger partial charge in [-0.05, 0) is 201 Å². The van der Waals surface area contributed by atoms with E-state index in [1.807, 2.05) is 140 Å². The van der Waals surface area contributed by atoms with Crippen LogP contribution in [-0.2, 0) is 0 Å². The Morgan fingerprint density at radius 2 is 0.489 bits per heavy atom. The van der Waals surface area contributed by atoms with Crippen molar-refractivity contribution in [3.8, 4) is 169 Å². The van der Waals surface area contributed by atoms with Gasteiger partial charge >= 0.3 is 0 Å². The molecular formula is C126H81N15. The van der Waals surface area contributed by atoms with Gasteiger partial charge in [0.05, 0.1) is 79.7 Å². The number of benzene rings is 18. The molecule has 9 heterocycles. The minimum absolute atomic E-state index is 0.680. The first kappa shape index (κ1) is 83.4. The molecule has 0 atom stereocenters. The van der Waals surface area contributed by atoms with Crippen molar-refractivity contribution in [3.63, 3.8) is 0 Å². The second-order valence-electron chi connectivity index (χ2n) is 34.8. The van der Waals surface area contributed by atoms with Crippen LogP contribution in [0.25, 0.3) is 201 Å². The summed E-state index contributed by atoms with van der Waals surface area (Å²) in [6.07, 6.45) is 8.76. The van der Waals surface area contributed by atoms with E-state index in [4.69, 9.17) is 49.8 Å². The quantitative estimate of drug-likeness (QED) is 0.0951. The van der Waals surface area contributed by atoms with Crippen molar-refractivity contribution in [1.82, 2.24) is 59.8 Å². The molecule has 0 saturated carbocycles. The van der Waals surface area contributed by atoms with Crippen LogP contribution in [-0.4, -0.2) is 59.8 Å². The van der Waals surface area contributed by atoms with Crippen LogP contribution in [0.3, 0.4) is 0 Å². The van der Waals surface area contributed by atoms with Crippen LogP contribution in [0.1, 0.15) is 0 Å². The van der Waals surface area contributed by atoms with Gasteiger partial charge in [-0.25, -0.2) is 59.8 Å². The van der Waals surface area contributed by atoms with E-state index in [2.05, 4.69) is 358 Å². The summed E-state index contributed by atoms with van der Waals surface area (Å²) in [6, 6.07) is 160. The molecule has 0 bridgehead atoms. The first-order valence-electron chi connectivity index (χ1n) is 46.9. The molecule has 18 aromatic carbocycles. The highest BCUT2D eigenvalue weighted by atomic mass is 15.2. The lowest BCUT2D eigenvalue weighted by atomic mass is 9.90. The summed E-state index contributed by atoms with van der Waals surface area (Å²) in [7, 11) is 0. The molecular weight excluding hydrogens is 1720 g/mol. The van der Waals surface area contributed by atoms with Gasteiger partial charge in [0.15, 0.2) is 17.5 Å². The van der Waals surface area contributed by atoms with Crippen molar-refractivity contribution >= 4 is 83.9 Å². The Balaban J connectivity index is 0.000000111. The molecule has 0 spiro atoms. The molecule has 27 rings (SSSR count). The predicted molar refractivity (Wildman–Crippen MR) is 572 cm³/mol. The number of hydrogen-bond acceptors (Lipinski definition) is 15. The van der Waals surface area contributed by atoms with Crippen LogP contribution in [0.15, 0.2) is 492 Å². The van der Waals surface area contributed by atoms with E-state index in [0.29, 0.717) is 17.5 Å². The molecule has 0 aliphatic carbocycles. The number of para-hydroxylation sites is 1. The summed E-state index contributed by atoms with van der Waals surface area (Å²) in [5.41, 5.74) is 36.1. The molecule has 6 aromatic heterocycles. The second kappa shape index (κ2) is 36.4. The molecule has 0 fully saturated rings. The zero-order valence-electron chi connectivity index (χ0n) is 76.0.